The van der Waals surface area contributed by atoms with Gasteiger partial charge < -0.3 is 16.0 Å². The molecule has 2 rings (SSSR count). The van der Waals surface area contributed by atoms with E-state index in [1.165, 1.54) is 6.42 Å². The lowest BCUT2D eigenvalue weighted by molar-refractivity contribution is -0.119. The summed E-state index contributed by atoms with van der Waals surface area (Å²) < 4.78 is 0. The number of hydrogen-bond acceptors (Lipinski definition) is 3. The summed E-state index contributed by atoms with van der Waals surface area (Å²) in [5, 5.41) is 3.15. The van der Waals surface area contributed by atoms with Crippen molar-refractivity contribution < 1.29 is 9.59 Å². The Bertz CT molecular complexity index is 370. The first-order valence-electron chi connectivity index (χ1n) is 8.00. The Hall–Kier alpha value is -1.30. The predicted molar refractivity (Wildman–Crippen MR) is 81.7 cm³/mol. The Morgan fingerprint density at radius 2 is 1.71 bits per heavy atom. The third-order valence-electron chi connectivity index (χ3n) is 4.45. The molecule has 3 amide bonds. The fourth-order valence-electron chi connectivity index (χ4n) is 3.55. The Balaban J connectivity index is 1.75. The monoisotopic (exact) mass is 296 g/mol. The van der Waals surface area contributed by atoms with Gasteiger partial charge in [-0.05, 0) is 31.1 Å². The van der Waals surface area contributed by atoms with E-state index in [0.29, 0.717) is 18.4 Å². The van der Waals surface area contributed by atoms with Crippen LogP contribution in [0.5, 0.6) is 0 Å². The van der Waals surface area contributed by atoms with Crippen LogP contribution < -0.4 is 11.1 Å². The van der Waals surface area contributed by atoms with Gasteiger partial charge in [0.05, 0.1) is 6.54 Å². The van der Waals surface area contributed by atoms with Crippen LogP contribution in [0.1, 0.15) is 33.1 Å². The van der Waals surface area contributed by atoms with Gasteiger partial charge in [-0.1, -0.05) is 13.8 Å². The van der Waals surface area contributed by atoms with Crippen LogP contribution in [0.2, 0.25) is 0 Å². The third kappa shape index (κ3) is 4.88. The number of likely N-dealkylation sites (tertiary alicyclic amines) is 2. The average molecular weight is 296 g/mol. The molecule has 0 radical (unpaired) electrons. The first-order chi connectivity index (χ1) is 9.94. The Labute approximate surface area is 127 Å². The van der Waals surface area contributed by atoms with Crippen molar-refractivity contribution in [2.24, 2.45) is 17.6 Å². The van der Waals surface area contributed by atoms with Gasteiger partial charge in [0.25, 0.3) is 0 Å². The van der Waals surface area contributed by atoms with E-state index >= 15 is 0 Å². The lowest BCUT2D eigenvalue weighted by atomic mass is 9.92. The molecule has 3 N–H and O–H groups in total. The second-order valence-corrected chi connectivity index (χ2v) is 6.82. The number of rotatable bonds is 3. The summed E-state index contributed by atoms with van der Waals surface area (Å²) in [6.45, 7) is 8.09. The van der Waals surface area contributed by atoms with Gasteiger partial charge >= 0.3 is 6.03 Å². The van der Waals surface area contributed by atoms with Crippen molar-refractivity contribution in [1.29, 1.82) is 0 Å². The number of amides is 3. The molecule has 0 aliphatic carbocycles. The molecule has 120 valence electrons. The Morgan fingerprint density at radius 1 is 1.14 bits per heavy atom. The molecule has 0 spiro atoms. The topological polar surface area (TPSA) is 78.7 Å². The van der Waals surface area contributed by atoms with Crippen molar-refractivity contribution in [2.75, 3.05) is 32.7 Å². The first kappa shape index (κ1) is 16.1. The van der Waals surface area contributed by atoms with Crippen LogP contribution in [0.15, 0.2) is 0 Å². The van der Waals surface area contributed by atoms with Gasteiger partial charge in [-0.2, -0.15) is 0 Å². The third-order valence-corrected chi connectivity index (χ3v) is 4.45. The fourth-order valence-corrected chi connectivity index (χ4v) is 3.55. The number of nitrogens with zero attached hydrogens (tertiary/aromatic N) is 2. The molecule has 2 unspecified atom stereocenters. The number of carbonyl (C=O) groups excluding carboxylic acids is 2. The average Bonchev–Trinajstić information content (AvgIpc) is 2.39. The SMILES string of the molecule is CC1CC(C)CN(C(=O)NC2CCN(CC(N)=O)CC2)C1. The Morgan fingerprint density at radius 3 is 2.24 bits per heavy atom. The maximum atomic E-state index is 12.3. The van der Waals surface area contributed by atoms with Gasteiger partial charge in [-0.3, -0.25) is 9.69 Å². The van der Waals surface area contributed by atoms with E-state index in [1.807, 2.05) is 4.90 Å². The fraction of sp³-hybridized carbons (Fsp3) is 0.867. The number of hydrogen-bond donors (Lipinski definition) is 2. The molecule has 21 heavy (non-hydrogen) atoms. The van der Waals surface area contributed by atoms with Crippen LogP contribution in [-0.4, -0.2) is 60.5 Å². The van der Waals surface area contributed by atoms with Crippen molar-refractivity contribution in [3.05, 3.63) is 0 Å². The standard InChI is InChI=1S/C15H28N4O2/c1-11-7-12(2)9-19(8-11)15(21)17-13-3-5-18(6-4-13)10-14(16)20/h11-13H,3-10H2,1-2H3,(H2,16,20)(H,17,21). The molecule has 6 nitrogen and oxygen atoms in total. The minimum Gasteiger partial charge on any atom is -0.369 e. The number of primary amides is 1. The van der Waals surface area contributed by atoms with E-state index in [9.17, 15) is 9.59 Å². The molecule has 2 aliphatic heterocycles. The highest BCUT2D eigenvalue weighted by molar-refractivity contribution is 5.76. The molecule has 2 saturated heterocycles. The zero-order valence-corrected chi connectivity index (χ0v) is 13.2. The van der Waals surface area contributed by atoms with Crippen LogP contribution in [0.4, 0.5) is 4.79 Å². The molecular weight excluding hydrogens is 268 g/mol. The highest BCUT2D eigenvalue weighted by Crippen LogP contribution is 2.21. The van der Waals surface area contributed by atoms with Crippen LogP contribution in [0, 0.1) is 11.8 Å². The summed E-state index contributed by atoms with van der Waals surface area (Å²) in [7, 11) is 0. The van der Waals surface area contributed by atoms with E-state index in [1.54, 1.807) is 0 Å². The van der Waals surface area contributed by atoms with Gasteiger partial charge in [-0.25, -0.2) is 4.79 Å². The largest absolute Gasteiger partial charge is 0.369 e. The molecule has 0 bridgehead atoms. The summed E-state index contributed by atoms with van der Waals surface area (Å²) in [6.07, 6.45) is 2.98. The number of nitrogens with one attached hydrogen (secondary N) is 1. The second-order valence-electron chi connectivity index (χ2n) is 6.82. The van der Waals surface area contributed by atoms with Crippen LogP contribution in [0.3, 0.4) is 0 Å². The van der Waals surface area contributed by atoms with Crippen molar-refractivity contribution in [3.63, 3.8) is 0 Å². The molecule has 2 heterocycles. The summed E-state index contributed by atoms with van der Waals surface area (Å²) in [5.74, 6) is 0.877. The van der Waals surface area contributed by atoms with Gasteiger partial charge in [0, 0.05) is 32.2 Å². The molecule has 0 saturated carbocycles. The number of carbonyl (C=O) groups is 2. The maximum Gasteiger partial charge on any atom is 0.317 e. The molecular formula is C15H28N4O2. The summed E-state index contributed by atoms with van der Waals surface area (Å²) in [5.41, 5.74) is 5.21. The smallest absolute Gasteiger partial charge is 0.317 e. The predicted octanol–water partition coefficient (Wildman–Crippen LogP) is 0.624. The first-order valence-corrected chi connectivity index (χ1v) is 8.00. The van der Waals surface area contributed by atoms with E-state index in [-0.39, 0.29) is 18.0 Å². The molecule has 2 atom stereocenters. The highest BCUT2D eigenvalue weighted by Gasteiger charge is 2.28. The number of nitrogens with two attached hydrogens (primary N) is 1. The van der Waals surface area contributed by atoms with Gasteiger partial charge in [0.2, 0.25) is 5.91 Å². The Kier molecular flexibility index (Phi) is 5.45. The molecule has 0 aromatic heterocycles. The highest BCUT2D eigenvalue weighted by atomic mass is 16.2. The number of piperidine rings is 2. The zero-order valence-electron chi connectivity index (χ0n) is 13.2. The van der Waals surface area contributed by atoms with E-state index < -0.39 is 0 Å². The van der Waals surface area contributed by atoms with Gasteiger partial charge in [0.1, 0.15) is 0 Å². The number of urea groups is 1. The van der Waals surface area contributed by atoms with Gasteiger partial charge in [-0.15, -0.1) is 0 Å². The van der Waals surface area contributed by atoms with E-state index in [0.717, 1.165) is 39.0 Å². The van der Waals surface area contributed by atoms with E-state index in [2.05, 4.69) is 24.1 Å². The van der Waals surface area contributed by atoms with Crippen molar-refractivity contribution in [1.82, 2.24) is 15.1 Å². The molecule has 6 heteroatoms. The lowest BCUT2D eigenvalue weighted by Gasteiger charge is -2.37. The van der Waals surface area contributed by atoms with Crippen LogP contribution in [-0.2, 0) is 4.79 Å². The summed E-state index contributed by atoms with van der Waals surface area (Å²) in [6, 6.07) is 0.288. The van der Waals surface area contributed by atoms with Crippen LogP contribution >= 0.6 is 0 Å². The molecule has 2 aliphatic rings. The summed E-state index contributed by atoms with van der Waals surface area (Å²) >= 11 is 0. The minimum atomic E-state index is -0.284. The molecule has 0 aromatic rings. The van der Waals surface area contributed by atoms with Crippen LogP contribution in [0.25, 0.3) is 0 Å². The van der Waals surface area contributed by atoms with Gasteiger partial charge in [0.15, 0.2) is 0 Å². The van der Waals surface area contributed by atoms with Crippen molar-refractivity contribution >= 4 is 11.9 Å². The van der Waals surface area contributed by atoms with E-state index in [4.69, 9.17) is 5.73 Å². The lowest BCUT2D eigenvalue weighted by Crippen LogP contribution is -2.53. The molecule has 2 fully saturated rings. The normalized spacial score (nSPS) is 28.4. The minimum absolute atomic E-state index is 0.0711. The zero-order chi connectivity index (χ0) is 15.4. The maximum absolute atomic E-state index is 12.3. The second kappa shape index (κ2) is 7.11. The van der Waals surface area contributed by atoms with Crippen molar-refractivity contribution in [3.8, 4) is 0 Å². The summed E-state index contributed by atoms with van der Waals surface area (Å²) in [4.78, 5) is 27.2. The quantitative estimate of drug-likeness (QED) is 0.801. The van der Waals surface area contributed by atoms with Crippen molar-refractivity contribution in [2.45, 2.75) is 39.2 Å². The molecule has 0 aromatic carbocycles.